The number of hydrogen-bond acceptors (Lipinski definition) is 5. The molecule has 7 heteroatoms. The predicted octanol–water partition coefficient (Wildman–Crippen LogP) is -0.0434. The molecule has 0 saturated carbocycles. The minimum absolute atomic E-state index is 0.0250. The number of nitrogens with one attached hydrogen (secondary N) is 1. The van der Waals surface area contributed by atoms with Crippen LogP contribution in [0.1, 0.15) is 11.5 Å². The molecule has 72 valence electrons. The number of methoxy groups -OCH3 is 1. The number of imidazole rings is 1. The molecule has 0 aliphatic rings. The van der Waals surface area contributed by atoms with Crippen LogP contribution in [-0.4, -0.2) is 27.1 Å². The number of hydrogen-bond donors (Lipinski definition) is 2. The Morgan fingerprint density at radius 3 is 2.85 bits per heavy atom. The maximum Gasteiger partial charge on any atom is 0.346 e. The summed E-state index contributed by atoms with van der Waals surface area (Å²) in [5.41, 5.74) is 0.0250. The van der Waals surface area contributed by atoms with Crippen molar-refractivity contribution in [3.63, 3.8) is 0 Å². The molecule has 0 aromatic carbocycles. The van der Waals surface area contributed by atoms with E-state index in [4.69, 9.17) is 9.84 Å². The number of ether oxygens (including phenoxy) is 1. The molecule has 7 nitrogen and oxygen atoms in total. The molecule has 0 fully saturated rings. The van der Waals surface area contributed by atoms with Gasteiger partial charge in [0, 0.05) is 7.11 Å². The maximum atomic E-state index is 10.4. The maximum absolute atomic E-state index is 10.4. The Balaban J connectivity index is 2.97. The minimum Gasteiger partial charge on any atom is -0.390 e. The number of H-pyrrole nitrogens is 1. The second kappa shape index (κ2) is 3.97. The number of rotatable bonds is 4. The fraction of sp³-hybridized carbons (Fsp3) is 0.500. The van der Waals surface area contributed by atoms with Crippen molar-refractivity contribution in [2.45, 2.75) is 13.2 Å². The highest BCUT2D eigenvalue weighted by molar-refractivity contribution is 5.27. The molecule has 0 amide bonds. The van der Waals surface area contributed by atoms with Crippen LogP contribution in [0.25, 0.3) is 0 Å². The highest BCUT2D eigenvalue weighted by Crippen LogP contribution is 2.14. The van der Waals surface area contributed by atoms with E-state index in [1.165, 1.54) is 7.11 Å². The van der Waals surface area contributed by atoms with Crippen molar-refractivity contribution < 1.29 is 14.8 Å². The van der Waals surface area contributed by atoms with Crippen molar-refractivity contribution in [3.8, 4) is 0 Å². The SMILES string of the molecule is COCc1nc(CO)c([N+](=O)[O-])[nH]1. The van der Waals surface area contributed by atoms with Crippen LogP contribution in [0.3, 0.4) is 0 Å². The van der Waals surface area contributed by atoms with Gasteiger partial charge in [-0.2, -0.15) is 0 Å². The molecular formula is C6H9N3O4. The van der Waals surface area contributed by atoms with E-state index in [2.05, 4.69) is 9.97 Å². The smallest absolute Gasteiger partial charge is 0.346 e. The summed E-state index contributed by atoms with van der Waals surface area (Å²) in [7, 11) is 1.45. The van der Waals surface area contributed by atoms with Crippen molar-refractivity contribution in [1.82, 2.24) is 9.97 Å². The van der Waals surface area contributed by atoms with Gasteiger partial charge < -0.3 is 20.0 Å². The summed E-state index contributed by atoms with van der Waals surface area (Å²) in [6.45, 7) is -0.308. The first-order valence-electron chi connectivity index (χ1n) is 3.51. The molecule has 1 heterocycles. The Morgan fingerprint density at radius 1 is 1.77 bits per heavy atom. The first-order valence-corrected chi connectivity index (χ1v) is 3.51. The lowest BCUT2D eigenvalue weighted by atomic mass is 10.5. The third-order valence-corrected chi connectivity index (χ3v) is 1.42. The number of nitrogens with zero attached hydrogens (tertiary/aromatic N) is 2. The van der Waals surface area contributed by atoms with Gasteiger partial charge in [-0.25, -0.2) is 9.97 Å². The third kappa shape index (κ3) is 2.01. The van der Waals surface area contributed by atoms with Gasteiger partial charge in [0.2, 0.25) is 5.82 Å². The summed E-state index contributed by atoms with van der Waals surface area (Å²) in [4.78, 5) is 16.0. The van der Waals surface area contributed by atoms with E-state index < -0.39 is 11.5 Å². The lowest BCUT2D eigenvalue weighted by Gasteiger charge is -1.90. The van der Waals surface area contributed by atoms with Gasteiger partial charge in [0.25, 0.3) is 0 Å². The van der Waals surface area contributed by atoms with Gasteiger partial charge in [-0.15, -0.1) is 0 Å². The molecule has 13 heavy (non-hydrogen) atoms. The minimum atomic E-state index is -0.627. The van der Waals surface area contributed by atoms with Gasteiger partial charge in [-0.1, -0.05) is 0 Å². The highest BCUT2D eigenvalue weighted by atomic mass is 16.6. The Kier molecular flexibility index (Phi) is 2.93. The predicted molar refractivity (Wildman–Crippen MR) is 41.9 cm³/mol. The number of nitro groups is 1. The topological polar surface area (TPSA) is 101 Å². The van der Waals surface area contributed by atoms with E-state index in [0.29, 0.717) is 5.82 Å². The fourth-order valence-electron chi connectivity index (χ4n) is 0.919. The van der Waals surface area contributed by atoms with Gasteiger partial charge >= 0.3 is 5.82 Å². The van der Waals surface area contributed by atoms with Crippen molar-refractivity contribution >= 4 is 5.82 Å². The first kappa shape index (κ1) is 9.62. The molecule has 0 aliphatic carbocycles. The molecule has 1 aromatic rings. The standard InChI is InChI=1S/C6H9N3O4/c1-13-3-5-7-4(2-10)6(8-5)9(11)12/h10H,2-3H2,1H3,(H,7,8). The second-order valence-electron chi connectivity index (χ2n) is 2.33. The molecule has 0 radical (unpaired) electrons. The van der Waals surface area contributed by atoms with Crippen molar-refractivity contribution in [2.75, 3.05) is 7.11 Å². The van der Waals surface area contributed by atoms with Crippen LogP contribution < -0.4 is 0 Å². The molecule has 0 saturated heterocycles. The number of aliphatic hydroxyl groups excluding tert-OH is 1. The zero-order valence-corrected chi connectivity index (χ0v) is 6.98. The second-order valence-corrected chi connectivity index (χ2v) is 2.33. The third-order valence-electron chi connectivity index (χ3n) is 1.42. The summed E-state index contributed by atoms with van der Waals surface area (Å²) >= 11 is 0. The van der Waals surface area contributed by atoms with Crippen LogP contribution in [-0.2, 0) is 18.0 Å². The van der Waals surface area contributed by atoms with Gasteiger partial charge in [0.05, 0.1) is 6.61 Å². The lowest BCUT2D eigenvalue weighted by molar-refractivity contribution is -0.390. The Bertz CT molecular complexity index is 309. The molecule has 2 N–H and O–H groups in total. The average Bonchev–Trinajstić information content (AvgIpc) is 2.48. The van der Waals surface area contributed by atoms with Crippen molar-refractivity contribution in [2.24, 2.45) is 0 Å². The van der Waals surface area contributed by atoms with Crippen molar-refractivity contribution in [1.29, 1.82) is 0 Å². The summed E-state index contributed by atoms with van der Waals surface area (Å²) in [6, 6.07) is 0. The van der Waals surface area contributed by atoms with E-state index >= 15 is 0 Å². The highest BCUT2D eigenvalue weighted by Gasteiger charge is 2.18. The normalized spacial score (nSPS) is 10.3. The van der Waals surface area contributed by atoms with E-state index in [0.717, 1.165) is 0 Å². The summed E-state index contributed by atoms with van der Waals surface area (Å²) in [5.74, 6) is 0.0489. The molecule has 0 aliphatic heterocycles. The molecule has 0 atom stereocenters. The number of aliphatic hydroxyl groups is 1. The zero-order valence-electron chi connectivity index (χ0n) is 6.98. The monoisotopic (exact) mass is 187 g/mol. The average molecular weight is 187 g/mol. The first-order chi connectivity index (χ1) is 6.19. The van der Waals surface area contributed by atoms with Crippen LogP contribution in [0.4, 0.5) is 5.82 Å². The van der Waals surface area contributed by atoms with Gasteiger partial charge in [0.15, 0.2) is 5.69 Å². The fourth-order valence-corrected chi connectivity index (χ4v) is 0.919. The van der Waals surface area contributed by atoms with E-state index in [9.17, 15) is 10.1 Å². The Morgan fingerprint density at radius 2 is 2.46 bits per heavy atom. The molecule has 1 rings (SSSR count). The number of aromatic amines is 1. The van der Waals surface area contributed by atoms with Crippen molar-refractivity contribution in [3.05, 3.63) is 21.6 Å². The quantitative estimate of drug-likeness (QED) is 0.508. The van der Waals surface area contributed by atoms with E-state index in [1.54, 1.807) is 0 Å². The zero-order chi connectivity index (χ0) is 9.84. The molecular weight excluding hydrogens is 178 g/mol. The lowest BCUT2D eigenvalue weighted by Crippen LogP contribution is -1.93. The largest absolute Gasteiger partial charge is 0.390 e. The Labute approximate surface area is 73.5 Å². The Hall–Kier alpha value is -1.47. The van der Waals surface area contributed by atoms with E-state index in [-0.39, 0.29) is 18.1 Å². The summed E-state index contributed by atoms with van der Waals surface area (Å²) in [6.07, 6.45) is 0. The van der Waals surface area contributed by atoms with Crippen LogP contribution >= 0.6 is 0 Å². The molecule has 0 bridgehead atoms. The van der Waals surface area contributed by atoms with Crippen LogP contribution in [0, 0.1) is 10.1 Å². The summed E-state index contributed by atoms with van der Waals surface area (Å²) in [5, 5.41) is 19.1. The van der Waals surface area contributed by atoms with Gasteiger partial charge in [-0.05, 0) is 4.92 Å². The van der Waals surface area contributed by atoms with Gasteiger partial charge in [-0.3, -0.25) is 0 Å². The molecule has 0 spiro atoms. The van der Waals surface area contributed by atoms with Gasteiger partial charge in [0.1, 0.15) is 6.61 Å². The van der Waals surface area contributed by atoms with Crippen LogP contribution in [0.2, 0.25) is 0 Å². The van der Waals surface area contributed by atoms with Crippen LogP contribution in [0.5, 0.6) is 0 Å². The molecule has 0 unspecified atom stereocenters. The summed E-state index contributed by atoms with van der Waals surface area (Å²) < 4.78 is 4.72. The number of aromatic nitrogens is 2. The molecule has 1 aromatic heterocycles. The van der Waals surface area contributed by atoms with E-state index in [1.807, 2.05) is 0 Å². The van der Waals surface area contributed by atoms with Crippen LogP contribution in [0.15, 0.2) is 0 Å².